The van der Waals surface area contributed by atoms with Gasteiger partial charge in [0.1, 0.15) is 0 Å². The van der Waals surface area contributed by atoms with Crippen molar-refractivity contribution in [2.75, 3.05) is 58.4 Å². The lowest BCUT2D eigenvalue weighted by Crippen LogP contribution is -2.53. The SMILES string of the molecule is CCNC(=NCC1(N(C)C)CCOCC1)NC1CCCN(c2ccccc2Cl)C1.I. The van der Waals surface area contributed by atoms with Crippen LogP contribution in [0.25, 0.3) is 0 Å². The van der Waals surface area contributed by atoms with Gasteiger partial charge in [0.05, 0.1) is 17.3 Å². The Morgan fingerprint density at radius 3 is 2.70 bits per heavy atom. The van der Waals surface area contributed by atoms with Crippen LogP contribution in [0.4, 0.5) is 5.69 Å². The third-order valence-corrected chi connectivity index (χ3v) is 6.52. The first kappa shape index (κ1) is 25.5. The van der Waals surface area contributed by atoms with E-state index in [1.165, 1.54) is 0 Å². The molecule has 2 N–H and O–H groups in total. The monoisotopic (exact) mass is 549 g/mol. The zero-order chi connectivity index (χ0) is 20.7. The molecule has 2 fully saturated rings. The molecule has 0 saturated carbocycles. The van der Waals surface area contributed by atoms with Gasteiger partial charge in [-0.2, -0.15) is 0 Å². The van der Waals surface area contributed by atoms with Crippen molar-refractivity contribution in [3.05, 3.63) is 29.3 Å². The molecule has 30 heavy (non-hydrogen) atoms. The number of aliphatic imine (C=N–C) groups is 1. The molecule has 1 atom stereocenters. The molecule has 0 aromatic heterocycles. The van der Waals surface area contributed by atoms with E-state index in [0.29, 0.717) is 6.04 Å². The quantitative estimate of drug-likeness (QED) is 0.323. The molecule has 0 spiro atoms. The van der Waals surface area contributed by atoms with E-state index in [2.05, 4.69) is 53.6 Å². The molecule has 0 bridgehead atoms. The summed E-state index contributed by atoms with van der Waals surface area (Å²) in [6, 6.07) is 8.46. The normalized spacial score (nSPS) is 21.8. The average molecular weight is 550 g/mol. The molecule has 1 aromatic rings. The molecule has 2 saturated heterocycles. The summed E-state index contributed by atoms with van der Waals surface area (Å²) in [4.78, 5) is 9.70. The number of rotatable bonds is 6. The van der Waals surface area contributed by atoms with Crippen molar-refractivity contribution in [2.45, 2.75) is 44.2 Å². The summed E-state index contributed by atoms with van der Waals surface area (Å²) >= 11 is 6.43. The Hall–Kier alpha value is -0.770. The maximum Gasteiger partial charge on any atom is 0.191 e. The fraction of sp³-hybridized carbons (Fsp3) is 0.682. The van der Waals surface area contributed by atoms with Gasteiger partial charge in [0.25, 0.3) is 0 Å². The number of hydrogen-bond acceptors (Lipinski definition) is 4. The van der Waals surface area contributed by atoms with Crippen LogP contribution in [-0.2, 0) is 4.74 Å². The Kier molecular flexibility index (Phi) is 10.5. The van der Waals surface area contributed by atoms with Crippen molar-refractivity contribution in [1.82, 2.24) is 15.5 Å². The van der Waals surface area contributed by atoms with E-state index >= 15 is 0 Å². The molecular weight excluding hydrogens is 513 g/mol. The van der Waals surface area contributed by atoms with E-state index in [4.69, 9.17) is 21.3 Å². The molecule has 170 valence electrons. The van der Waals surface area contributed by atoms with Gasteiger partial charge < -0.3 is 25.2 Å². The number of anilines is 1. The lowest BCUT2D eigenvalue weighted by atomic mass is 9.89. The Bertz CT molecular complexity index is 681. The van der Waals surface area contributed by atoms with Crippen LogP contribution < -0.4 is 15.5 Å². The first-order valence-electron chi connectivity index (χ1n) is 10.8. The van der Waals surface area contributed by atoms with Crippen LogP contribution in [0.3, 0.4) is 0 Å². The van der Waals surface area contributed by atoms with Gasteiger partial charge in [-0.1, -0.05) is 23.7 Å². The van der Waals surface area contributed by atoms with Crippen LogP contribution in [0, 0.1) is 0 Å². The van der Waals surface area contributed by atoms with Crippen molar-refractivity contribution in [3.8, 4) is 0 Å². The number of nitrogens with zero attached hydrogens (tertiary/aromatic N) is 3. The Morgan fingerprint density at radius 2 is 2.03 bits per heavy atom. The molecule has 8 heteroatoms. The molecule has 1 aromatic carbocycles. The minimum atomic E-state index is 0. The highest BCUT2D eigenvalue weighted by molar-refractivity contribution is 14.0. The summed E-state index contributed by atoms with van der Waals surface area (Å²) < 4.78 is 5.59. The number of nitrogens with one attached hydrogen (secondary N) is 2. The summed E-state index contributed by atoms with van der Waals surface area (Å²) in [5.41, 5.74) is 1.20. The highest BCUT2D eigenvalue weighted by Crippen LogP contribution is 2.28. The van der Waals surface area contributed by atoms with E-state index in [0.717, 1.165) is 81.7 Å². The second-order valence-electron chi connectivity index (χ2n) is 8.31. The van der Waals surface area contributed by atoms with Gasteiger partial charge >= 0.3 is 0 Å². The van der Waals surface area contributed by atoms with Gasteiger partial charge in [-0.3, -0.25) is 4.99 Å². The van der Waals surface area contributed by atoms with Crippen LogP contribution in [0.5, 0.6) is 0 Å². The zero-order valence-electron chi connectivity index (χ0n) is 18.5. The van der Waals surface area contributed by atoms with Crippen molar-refractivity contribution in [3.63, 3.8) is 0 Å². The fourth-order valence-corrected chi connectivity index (χ4v) is 4.51. The van der Waals surface area contributed by atoms with Gasteiger partial charge in [-0.25, -0.2) is 0 Å². The minimum absolute atomic E-state index is 0. The highest BCUT2D eigenvalue weighted by Gasteiger charge is 2.34. The standard InChI is InChI=1S/C22H36ClN5O.HI/c1-4-24-21(25-17-22(27(2)3)11-14-29-15-12-22)26-18-8-7-13-28(16-18)20-10-6-5-9-19(20)23;/h5-6,9-10,18H,4,7-8,11-17H2,1-3H3,(H2,24,25,26);1H. The van der Waals surface area contributed by atoms with Crippen molar-refractivity contribution < 1.29 is 4.74 Å². The summed E-state index contributed by atoms with van der Waals surface area (Å²) in [5.74, 6) is 0.909. The second kappa shape index (κ2) is 12.3. The van der Waals surface area contributed by atoms with E-state index in [1.54, 1.807) is 0 Å². The summed E-state index contributed by atoms with van der Waals surface area (Å²) in [7, 11) is 4.31. The molecule has 2 aliphatic rings. The topological polar surface area (TPSA) is 52.1 Å². The number of likely N-dealkylation sites (N-methyl/N-ethyl adjacent to an activating group) is 1. The lowest BCUT2D eigenvalue weighted by Gasteiger charge is -2.42. The Labute approximate surface area is 203 Å². The van der Waals surface area contributed by atoms with E-state index in [9.17, 15) is 0 Å². The number of ether oxygens (including phenoxy) is 1. The first-order valence-corrected chi connectivity index (χ1v) is 11.2. The van der Waals surface area contributed by atoms with Gasteiger partial charge in [-0.05, 0) is 58.8 Å². The molecule has 0 amide bonds. The summed E-state index contributed by atoms with van der Waals surface area (Å²) in [6.07, 6.45) is 4.32. The number of para-hydroxylation sites is 1. The van der Waals surface area contributed by atoms with E-state index < -0.39 is 0 Å². The molecule has 2 heterocycles. The third kappa shape index (κ3) is 6.61. The number of hydrogen-bond donors (Lipinski definition) is 2. The Morgan fingerprint density at radius 1 is 1.30 bits per heavy atom. The summed E-state index contributed by atoms with van der Waals surface area (Å²) in [5, 5.41) is 7.93. The van der Waals surface area contributed by atoms with Gasteiger partial charge in [-0.15, -0.1) is 24.0 Å². The maximum absolute atomic E-state index is 6.43. The van der Waals surface area contributed by atoms with Crippen LogP contribution in [0.1, 0.15) is 32.6 Å². The van der Waals surface area contributed by atoms with Crippen molar-refractivity contribution in [2.24, 2.45) is 4.99 Å². The van der Waals surface area contributed by atoms with Crippen molar-refractivity contribution in [1.29, 1.82) is 0 Å². The van der Waals surface area contributed by atoms with Crippen LogP contribution >= 0.6 is 35.6 Å². The largest absolute Gasteiger partial charge is 0.381 e. The molecule has 1 unspecified atom stereocenters. The highest BCUT2D eigenvalue weighted by atomic mass is 127. The molecule has 3 rings (SSSR count). The van der Waals surface area contributed by atoms with Crippen LogP contribution in [0.2, 0.25) is 5.02 Å². The van der Waals surface area contributed by atoms with Gasteiger partial charge in [0, 0.05) is 44.4 Å². The second-order valence-corrected chi connectivity index (χ2v) is 8.71. The molecule has 6 nitrogen and oxygen atoms in total. The first-order chi connectivity index (χ1) is 14.0. The van der Waals surface area contributed by atoms with E-state index in [-0.39, 0.29) is 29.5 Å². The third-order valence-electron chi connectivity index (χ3n) is 6.20. The number of piperidine rings is 1. The number of guanidine groups is 1. The molecule has 0 radical (unpaired) electrons. The minimum Gasteiger partial charge on any atom is -0.381 e. The van der Waals surface area contributed by atoms with Crippen LogP contribution in [-0.4, -0.2) is 75.9 Å². The molecule has 2 aliphatic heterocycles. The van der Waals surface area contributed by atoms with Crippen molar-refractivity contribution >= 4 is 47.2 Å². The Balaban J connectivity index is 0.00000320. The summed E-state index contributed by atoms with van der Waals surface area (Å²) in [6.45, 7) is 7.34. The maximum atomic E-state index is 6.43. The van der Waals surface area contributed by atoms with Gasteiger partial charge in [0.2, 0.25) is 0 Å². The number of benzene rings is 1. The molecular formula is C22H37ClIN5O. The predicted molar refractivity (Wildman–Crippen MR) is 138 cm³/mol. The lowest BCUT2D eigenvalue weighted by molar-refractivity contribution is -0.00255. The van der Waals surface area contributed by atoms with Crippen LogP contribution in [0.15, 0.2) is 29.3 Å². The zero-order valence-corrected chi connectivity index (χ0v) is 21.6. The fourth-order valence-electron chi connectivity index (χ4n) is 4.26. The average Bonchev–Trinajstić information content (AvgIpc) is 2.73. The van der Waals surface area contributed by atoms with E-state index in [1.807, 2.05) is 12.1 Å². The van der Waals surface area contributed by atoms with Gasteiger partial charge in [0.15, 0.2) is 5.96 Å². The smallest absolute Gasteiger partial charge is 0.191 e. The molecule has 0 aliphatic carbocycles. The predicted octanol–water partition coefficient (Wildman–Crippen LogP) is 3.59. The number of halogens is 2.